The van der Waals surface area contributed by atoms with Crippen LogP contribution >= 0.6 is 0 Å². The van der Waals surface area contributed by atoms with E-state index >= 15 is 4.39 Å². The minimum atomic E-state index is -1.90. The van der Waals surface area contributed by atoms with E-state index < -0.39 is 41.4 Å². The number of carbonyl (C=O) groups is 1. The Balaban J connectivity index is 1.27. The van der Waals surface area contributed by atoms with Crippen LogP contribution in [-0.4, -0.2) is 66.9 Å². The van der Waals surface area contributed by atoms with Crippen molar-refractivity contribution in [2.45, 2.75) is 23.9 Å². The fourth-order valence-corrected chi connectivity index (χ4v) is 6.22. The van der Waals surface area contributed by atoms with Crippen molar-refractivity contribution in [3.8, 4) is 11.5 Å². The summed E-state index contributed by atoms with van der Waals surface area (Å²) in [4.78, 5) is 29.6. The molecule has 6 rings (SSSR count). The van der Waals surface area contributed by atoms with Gasteiger partial charge in [0.25, 0.3) is 5.91 Å². The molecule has 1 aliphatic rings. The number of rotatable bonds is 11. The number of carbonyl (C=O) groups excluding carboxylic acids is 1. The van der Waals surface area contributed by atoms with Crippen LogP contribution in [0.1, 0.15) is 33.1 Å². The van der Waals surface area contributed by atoms with Crippen LogP contribution in [0.4, 0.5) is 10.2 Å². The molecule has 0 radical (unpaired) electrons. The van der Waals surface area contributed by atoms with Gasteiger partial charge in [0, 0.05) is 17.7 Å². The van der Waals surface area contributed by atoms with Gasteiger partial charge in [-0.2, -0.15) is 4.98 Å². The summed E-state index contributed by atoms with van der Waals surface area (Å²) in [6, 6.07) is 33.4. The Morgan fingerprint density at radius 2 is 1.42 bits per heavy atom. The van der Waals surface area contributed by atoms with Crippen LogP contribution in [0.15, 0.2) is 126 Å². The van der Waals surface area contributed by atoms with Gasteiger partial charge in [-0.05, 0) is 59.2 Å². The highest BCUT2D eigenvalue weighted by Crippen LogP contribution is 2.42. The molecule has 1 amide bonds. The van der Waals surface area contributed by atoms with Gasteiger partial charge in [-0.25, -0.2) is 9.18 Å². The number of aliphatic hydroxyl groups excluding tert-OH is 1. The first-order chi connectivity index (χ1) is 24.3. The number of amides is 1. The number of methoxy groups -OCH3 is 2. The van der Waals surface area contributed by atoms with Gasteiger partial charge < -0.3 is 29.4 Å². The molecule has 0 saturated carbocycles. The number of hydrogen-bond acceptors (Lipinski definition) is 8. The standard InChI is InChI=1S/C39H38FN3O7/c1-47-31-17-13-29(14-18-31)39(28-11-7-4-8-12-28,30-15-19-32(48-2)20-16-30)50-24-27-23-49-25-33(35(40)36(27)44)43-22-21-34(42-38(43)46)41-37(45)26-9-5-3-6-10-26/h3-22,27,33,35-36,44H,23-25H2,1-2H3,(H,41,42,45,46)/t27-,33-,35?,36?/m1/s1. The lowest BCUT2D eigenvalue weighted by atomic mass is 9.79. The molecule has 1 aromatic heterocycles. The minimum Gasteiger partial charge on any atom is -0.497 e. The quantitative estimate of drug-likeness (QED) is 0.178. The Morgan fingerprint density at radius 3 is 1.98 bits per heavy atom. The zero-order valence-electron chi connectivity index (χ0n) is 27.6. The highest BCUT2D eigenvalue weighted by atomic mass is 19.1. The number of aromatic nitrogens is 2. The Bertz CT molecular complexity index is 1870. The lowest BCUT2D eigenvalue weighted by Gasteiger charge is -2.38. The Labute approximate surface area is 289 Å². The number of alkyl halides is 1. The lowest BCUT2D eigenvalue weighted by molar-refractivity contribution is -0.0656. The molecule has 0 aliphatic carbocycles. The van der Waals surface area contributed by atoms with Crippen molar-refractivity contribution in [3.63, 3.8) is 0 Å². The smallest absolute Gasteiger partial charge is 0.349 e. The summed E-state index contributed by atoms with van der Waals surface area (Å²) in [6.07, 6.45) is -2.11. The number of aliphatic hydroxyl groups is 1. The van der Waals surface area contributed by atoms with Gasteiger partial charge >= 0.3 is 5.69 Å². The van der Waals surface area contributed by atoms with Crippen LogP contribution in [0.3, 0.4) is 0 Å². The first-order valence-electron chi connectivity index (χ1n) is 16.2. The second kappa shape index (κ2) is 15.5. The van der Waals surface area contributed by atoms with Gasteiger partial charge in [0.1, 0.15) is 29.1 Å². The number of nitrogens with one attached hydrogen (secondary N) is 1. The molecule has 11 heteroatoms. The SMILES string of the molecule is COc1ccc(C(OC[C@H]2COC[C@@H](n3ccc(NC(=O)c4ccccc4)nc3=O)C(F)C2O)(c2ccccc2)c2ccc(OC)cc2)cc1. The second-order valence-corrected chi connectivity index (χ2v) is 11.9. The molecule has 5 aromatic rings. The molecule has 50 heavy (non-hydrogen) atoms. The molecule has 2 unspecified atom stereocenters. The number of hydrogen-bond donors (Lipinski definition) is 2. The summed E-state index contributed by atoms with van der Waals surface area (Å²) >= 11 is 0. The molecule has 4 atom stereocenters. The van der Waals surface area contributed by atoms with Crippen LogP contribution in [0.25, 0.3) is 0 Å². The van der Waals surface area contributed by atoms with E-state index in [-0.39, 0.29) is 25.6 Å². The molecule has 1 saturated heterocycles. The topological polar surface area (TPSA) is 121 Å². The van der Waals surface area contributed by atoms with Gasteiger partial charge in [-0.1, -0.05) is 72.8 Å². The molecular formula is C39H38FN3O7. The van der Waals surface area contributed by atoms with Crippen molar-refractivity contribution in [1.82, 2.24) is 9.55 Å². The number of nitrogens with zero attached hydrogens (tertiary/aromatic N) is 2. The molecule has 258 valence electrons. The summed E-state index contributed by atoms with van der Waals surface area (Å²) in [5, 5.41) is 14.0. The zero-order chi connectivity index (χ0) is 35.1. The van der Waals surface area contributed by atoms with Gasteiger partial charge in [0.2, 0.25) is 0 Å². The Kier molecular flexibility index (Phi) is 10.7. The molecule has 2 N–H and O–H groups in total. The normalized spacial score (nSPS) is 19.3. The van der Waals surface area contributed by atoms with E-state index in [1.807, 2.05) is 78.9 Å². The maximum absolute atomic E-state index is 16.2. The monoisotopic (exact) mass is 679 g/mol. The Hall–Kier alpha value is -5.36. The maximum Gasteiger partial charge on any atom is 0.349 e. The number of anilines is 1. The van der Waals surface area contributed by atoms with E-state index in [1.165, 1.54) is 12.3 Å². The van der Waals surface area contributed by atoms with E-state index in [0.29, 0.717) is 17.1 Å². The molecular weight excluding hydrogens is 641 g/mol. The van der Waals surface area contributed by atoms with Crippen molar-refractivity contribution in [1.29, 1.82) is 0 Å². The summed E-state index contributed by atoms with van der Waals surface area (Å²) in [6.45, 7) is -0.312. The fraction of sp³-hybridized carbons (Fsp3) is 0.256. The van der Waals surface area contributed by atoms with E-state index in [4.69, 9.17) is 18.9 Å². The van der Waals surface area contributed by atoms with Crippen LogP contribution in [-0.2, 0) is 15.1 Å². The van der Waals surface area contributed by atoms with Crippen molar-refractivity contribution in [2.75, 3.05) is 39.4 Å². The summed E-state index contributed by atoms with van der Waals surface area (Å²) in [5.41, 5.74) is 0.794. The maximum atomic E-state index is 16.2. The van der Waals surface area contributed by atoms with Gasteiger partial charge in [0.05, 0.1) is 46.2 Å². The number of ether oxygens (including phenoxy) is 4. The third-order valence-electron chi connectivity index (χ3n) is 8.95. The highest BCUT2D eigenvalue weighted by Gasteiger charge is 2.43. The van der Waals surface area contributed by atoms with E-state index in [1.54, 1.807) is 44.6 Å². The summed E-state index contributed by atoms with van der Waals surface area (Å²) < 4.78 is 40.9. The van der Waals surface area contributed by atoms with Crippen LogP contribution in [0, 0.1) is 5.92 Å². The van der Waals surface area contributed by atoms with E-state index in [2.05, 4.69) is 10.3 Å². The van der Waals surface area contributed by atoms with Crippen LogP contribution in [0.5, 0.6) is 11.5 Å². The van der Waals surface area contributed by atoms with Crippen LogP contribution in [0.2, 0.25) is 0 Å². The molecule has 0 bridgehead atoms. The molecule has 1 fully saturated rings. The van der Waals surface area contributed by atoms with Crippen LogP contribution < -0.4 is 20.5 Å². The molecule has 0 spiro atoms. The predicted molar refractivity (Wildman–Crippen MR) is 185 cm³/mol. The third kappa shape index (κ3) is 7.16. The molecule has 1 aliphatic heterocycles. The summed E-state index contributed by atoms with van der Waals surface area (Å²) in [7, 11) is 3.19. The van der Waals surface area contributed by atoms with E-state index in [9.17, 15) is 14.7 Å². The second-order valence-electron chi connectivity index (χ2n) is 11.9. The first kappa shape index (κ1) is 34.5. The van der Waals surface area contributed by atoms with Crippen molar-refractivity contribution in [2.24, 2.45) is 5.92 Å². The van der Waals surface area contributed by atoms with Crippen molar-refractivity contribution < 1.29 is 33.2 Å². The molecule has 10 nitrogen and oxygen atoms in total. The molecule has 4 aromatic carbocycles. The molecule has 2 heterocycles. The average Bonchev–Trinajstić information content (AvgIpc) is 3.30. The lowest BCUT2D eigenvalue weighted by Crippen LogP contribution is -2.43. The predicted octanol–water partition coefficient (Wildman–Crippen LogP) is 5.41. The van der Waals surface area contributed by atoms with Crippen molar-refractivity contribution in [3.05, 3.63) is 154 Å². The minimum absolute atomic E-state index is 0.0196. The average molecular weight is 680 g/mol. The summed E-state index contributed by atoms with van der Waals surface area (Å²) in [5.74, 6) is 0.112. The van der Waals surface area contributed by atoms with Gasteiger partial charge in [0.15, 0.2) is 0 Å². The van der Waals surface area contributed by atoms with Crippen molar-refractivity contribution >= 4 is 11.7 Å². The fourth-order valence-electron chi connectivity index (χ4n) is 6.22. The number of halogens is 1. The number of benzene rings is 4. The van der Waals surface area contributed by atoms with Gasteiger partial charge in [-0.15, -0.1) is 0 Å². The van der Waals surface area contributed by atoms with E-state index in [0.717, 1.165) is 21.3 Å². The Morgan fingerprint density at radius 1 is 0.860 bits per heavy atom. The highest BCUT2D eigenvalue weighted by molar-refractivity contribution is 6.03. The third-order valence-corrected chi connectivity index (χ3v) is 8.95. The first-order valence-corrected chi connectivity index (χ1v) is 16.2. The largest absolute Gasteiger partial charge is 0.497 e. The zero-order valence-corrected chi connectivity index (χ0v) is 27.6. The van der Waals surface area contributed by atoms with Gasteiger partial charge in [-0.3, -0.25) is 9.36 Å².